The molecule has 0 radical (unpaired) electrons. The van der Waals surface area contributed by atoms with Gasteiger partial charge in [-0.2, -0.15) is 0 Å². The molecule has 0 aliphatic carbocycles. The Kier molecular flexibility index (Phi) is 11.0. The second kappa shape index (κ2) is 13.4. The molecule has 4 atom stereocenters. The molecule has 0 saturated heterocycles. The van der Waals surface area contributed by atoms with Crippen LogP contribution in [0.2, 0.25) is 0 Å². The average molecular weight is 501 g/mol. The van der Waals surface area contributed by atoms with E-state index in [1.807, 2.05) is 71.0 Å². The standard InChI is InChI=1S/C28H44N4O4/c1-17(2)15-22-26(33)29-14-13-20-9-11-21(12-10-20)36-25(19(5)6)24(28(35)30-22)31-27(34)23(32(7)8)16-18(3)4/h9-14,17-19,22-25H,15-16H2,1-8H3,(H,29,33)(H,30,35)(H,31,34)/t22-,23+,24-,25+/m1/s1. The van der Waals surface area contributed by atoms with Crippen molar-refractivity contribution in [2.75, 3.05) is 14.1 Å². The molecule has 0 fully saturated rings. The Hall–Kier alpha value is -2.87. The van der Waals surface area contributed by atoms with Crippen LogP contribution in [0.4, 0.5) is 0 Å². The molecule has 1 aromatic rings. The first-order chi connectivity index (χ1) is 16.9. The predicted octanol–water partition coefficient (Wildman–Crippen LogP) is 3.18. The Morgan fingerprint density at radius 3 is 2.17 bits per heavy atom. The zero-order chi connectivity index (χ0) is 27.0. The van der Waals surface area contributed by atoms with E-state index in [4.69, 9.17) is 4.74 Å². The van der Waals surface area contributed by atoms with Crippen LogP contribution in [0.25, 0.3) is 6.08 Å². The van der Waals surface area contributed by atoms with Gasteiger partial charge in [0.2, 0.25) is 17.7 Å². The van der Waals surface area contributed by atoms with Gasteiger partial charge in [-0.05, 0) is 68.5 Å². The summed E-state index contributed by atoms with van der Waals surface area (Å²) in [6.07, 6.45) is 3.82. The summed E-state index contributed by atoms with van der Waals surface area (Å²) in [6.45, 7) is 12.0. The number of fused-ring (bicyclic) bond motifs is 10. The Balaban J connectivity index is 2.50. The molecule has 2 heterocycles. The van der Waals surface area contributed by atoms with Crippen molar-refractivity contribution in [3.63, 3.8) is 0 Å². The summed E-state index contributed by atoms with van der Waals surface area (Å²) in [6, 6.07) is 5.25. The van der Waals surface area contributed by atoms with E-state index in [0.717, 1.165) is 5.56 Å². The van der Waals surface area contributed by atoms with Crippen LogP contribution in [-0.4, -0.2) is 60.9 Å². The van der Waals surface area contributed by atoms with Crippen LogP contribution in [0.15, 0.2) is 30.5 Å². The zero-order valence-electron chi connectivity index (χ0n) is 23.0. The number of carbonyl (C=O) groups is 3. The predicted molar refractivity (Wildman–Crippen MR) is 143 cm³/mol. The van der Waals surface area contributed by atoms with E-state index in [2.05, 4.69) is 29.8 Å². The van der Waals surface area contributed by atoms with E-state index < -0.39 is 30.1 Å². The first kappa shape index (κ1) is 29.4. The number of nitrogens with zero attached hydrogens (tertiary/aromatic N) is 1. The molecule has 8 nitrogen and oxygen atoms in total. The summed E-state index contributed by atoms with van der Waals surface area (Å²) < 4.78 is 6.31. The summed E-state index contributed by atoms with van der Waals surface area (Å²) in [5, 5.41) is 8.67. The molecule has 8 heteroatoms. The smallest absolute Gasteiger partial charge is 0.247 e. The monoisotopic (exact) mass is 500 g/mol. The fourth-order valence-corrected chi connectivity index (χ4v) is 4.23. The van der Waals surface area contributed by atoms with E-state index in [1.165, 1.54) is 0 Å². The molecule has 2 aliphatic heterocycles. The first-order valence-electron chi connectivity index (χ1n) is 12.9. The van der Waals surface area contributed by atoms with Crippen LogP contribution in [0.1, 0.15) is 59.9 Å². The van der Waals surface area contributed by atoms with Crippen LogP contribution in [0.5, 0.6) is 5.75 Å². The molecule has 2 aliphatic rings. The molecular weight excluding hydrogens is 456 g/mol. The Morgan fingerprint density at radius 1 is 1.00 bits per heavy atom. The van der Waals surface area contributed by atoms with Crippen molar-refractivity contribution in [3.8, 4) is 5.75 Å². The lowest BCUT2D eigenvalue weighted by Gasteiger charge is -2.34. The quantitative estimate of drug-likeness (QED) is 0.509. The number of hydrogen-bond donors (Lipinski definition) is 3. The van der Waals surface area contributed by atoms with Crippen molar-refractivity contribution < 1.29 is 19.1 Å². The van der Waals surface area contributed by atoms with E-state index >= 15 is 0 Å². The van der Waals surface area contributed by atoms with E-state index in [1.54, 1.807) is 12.3 Å². The van der Waals surface area contributed by atoms with E-state index in [0.29, 0.717) is 24.5 Å². The summed E-state index contributed by atoms with van der Waals surface area (Å²) in [4.78, 5) is 42.0. The van der Waals surface area contributed by atoms with Gasteiger partial charge >= 0.3 is 0 Å². The van der Waals surface area contributed by atoms with Gasteiger partial charge in [0.1, 0.15) is 23.9 Å². The Labute approximate surface area is 216 Å². The molecule has 0 aromatic heterocycles. The first-order valence-corrected chi connectivity index (χ1v) is 12.9. The number of nitrogens with one attached hydrogen (secondary N) is 3. The van der Waals surface area contributed by atoms with E-state index in [9.17, 15) is 14.4 Å². The minimum atomic E-state index is -0.993. The number of benzene rings is 1. The number of hydrogen-bond acceptors (Lipinski definition) is 5. The Morgan fingerprint density at radius 2 is 1.64 bits per heavy atom. The minimum Gasteiger partial charge on any atom is -0.487 e. The number of carbonyl (C=O) groups excluding carboxylic acids is 3. The highest BCUT2D eigenvalue weighted by Crippen LogP contribution is 2.21. The SMILES string of the molecule is CC(C)C[C@H]1NC(=O)[C@H](NC(=O)[C@H](CC(C)C)N(C)C)[C@H](C(C)C)Oc2ccc(cc2)C=CNC1=O. The lowest BCUT2D eigenvalue weighted by molar-refractivity contribution is -0.136. The van der Waals surface area contributed by atoms with Gasteiger partial charge in [0, 0.05) is 6.20 Å². The van der Waals surface area contributed by atoms with Gasteiger partial charge in [0.15, 0.2) is 0 Å². The zero-order valence-corrected chi connectivity index (χ0v) is 23.0. The minimum absolute atomic E-state index is 0.103. The van der Waals surface area contributed by atoms with Crippen LogP contribution in [-0.2, 0) is 14.4 Å². The van der Waals surface area contributed by atoms with Crippen molar-refractivity contribution in [2.24, 2.45) is 17.8 Å². The van der Waals surface area contributed by atoms with Gasteiger partial charge < -0.3 is 20.7 Å². The largest absolute Gasteiger partial charge is 0.487 e. The van der Waals surface area contributed by atoms with Gasteiger partial charge in [0.25, 0.3) is 0 Å². The summed E-state index contributed by atoms with van der Waals surface area (Å²) in [5.74, 6) is -0.0262. The third kappa shape index (κ3) is 8.66. The molecular formula is C28H44N4O4. The van der Waals surface area contributed by atoms with Gasteiger partial charge in [-0.15, -0.1) is 0 Å². The highest BCUT2D eigenvalue weighted by atomic mass is 16.5. The molecule has 3 N–H and O–H groups in total. The van der Waals surface area contributed by atoms with Crippen molar-refractivity contribution in [2.45, 2.75) is 78.6 Å². The maximum absolute atomic E-state index is 13.7. The molecule has 0 unspecified atom stereocenters. The molecule has 3 rings (SSSR count). The third-order valence-electron chi connectivity index (χ3n) is 6.18. The van der Waals surface area contributed by atoms with Gasteiger partial charge in [-0.25, -0.2) is 0 Å². The van der Waals surface area contributed by atoms with Crippen LogP contribution in [0.3, 0.4) is 0 Å². The van der Waals surface area contributed by atoms with Crippen LogP contribution in [0, 0.1) is 17.8 Å². The summed E-state index contributed by atoms with van der Waals surface area (Å²) in [7, 11) is 3.71. The maximum atomic E-state index is 13.7. The number of ether oxygens (including phenoxy) is 1. The molecule has 0 saturated carbocycles. The van der Waals surface area contributed by atoms with Crippen molar-refractivity contribution in [3.05, 3.63) is 36.0 Å². The number of rotatable bonds is 8. The topological polar surface area (TPSA) is 99.8 Å². The fourth-order valence-electron chi connectivity index (χ4n) is 4.23. The van der Waals surface area contributed by atoms with Crippen molar-refractivity contribution >= 4 is 23.8 Å². The fraction of sp³-hybridized carbons (Fsp3) is 0.607. The second-order valence-corrected chi connectivity index (χ2v) is 11.0. The van der Waals surface area contributed by atoms with Gasteiger partial charge in [-0.1, -0.05) is 53.7 Å². The van der Waals surface area contributed by atoms with Crippen molar-refractivity contribution in [1.82, 2.24) is 20.9 Å². The number of amides is 3. The maximum Gasteiger partial charge on any atom is 0.247 e. The highest BCUT2D eigenvalue weighted by molar-refractivity contribution is 5.93. The lowest BCUT2D eigenvalue weighted by atomic mass is 9.95. The molecule has 1 aromatic carbocycles. The van der Waals surface area contributed by atoms with Crippen LogP contribution < -0.4 is 20.7 Å². The van der Waals surface area contributed by atoms with Crippen LogP contribution >= 0.6 is 0 Å². The average Bonchev–Trinajstić information content (AvgIpc) is 2.78. The Bertz CT molecular complexity index is 909. The summed E-state index contributed by atoms with van der Waals surface area (Å²) >= 11 is 0. The molecule has 36 heavy (non-hydrogen) atoms. The molecule has 2 bridgehead atoms. The van der Waals surface area contributed by atoms with Gasteiger partial charge in [0.05, 0.1) is 6.04 Å². The molecule has 200 valence electrons. The highest BCUT2D eigenvalue weighted by Gasteiger charge is 2.38. The second-order valence-electron chi connectivity index (χ2n) is 11.0. The molecule has 3 amide bonds. The lowest BCUT2D eigenvalue weighted by Crippen LogP contribution is -2.61. The van der Waals surface area contributed by atoms with Crippen molar-refractivity contribution in [1.29, 1.82) is 0 Å². The van der Waals surface area contributed by atoms with E-state index in [-0.39, 0.29) is 23.7 Å². The van der Waals surface area contributed by atoms with Gasteiger partial charge in [-0.3, -0.25) is 19.3 Å². The third-order valence-corrected chi connectivity index (χ3v) is 6.18. The summed E-state index contributed by atoms with van der Waals surface area (Å²) in [5.41, 5.74) is 0.901. The number of likely N-dealkylation sites (N-methyl/N-ethyl adjacent to an activating group) is 1. The normalized spacial score (nSPS) is 21.8. The molecule has 0 spiro atoms.